The second kappa shape index (κ2) is 5.28. The Balaban J connectivity index is 2.70. The Morgan fingerprint density at radius 3 is 2.64 bits per heavy atom. The second-order valence-electron chi connectivity index (χ2n) is 2.93. The molecule has 0 saturated carbocycles. The lowest BCUT2D eigenvalue weighted by Crippen LogP contribution is -1.95. The first-order chi connectivity index (χ1) is 6.77. The molecule has 0 heterocycles. The molecule has 0 amide bonds. The van der Waals surface area contributed by atoms with Crippen molar-refractivity contribution in [1.29, 1.82) is 0 Å². The van der Waals surface area contributed by atoms with E-state index in [1.54, 1.807) is 13.2 Å². The molecule has 1 atom stereocenters. The monoisotopic (exact) mass is 190 g/mol. The van der Waals surface area contributed by atoms with Gasteiger partial charge in [-0.05, 0) is 23.8 Å². The fourth-order valence-corrected chi connectivity index (χ4v) is 1.16. The predicted octanol–water partition coefficient (Wildman–Crippen LogP) is 2.46. The highest BCUT2D eigenvalue weighted by Crippen LogP contribution is 2.19. The van der Waals surface area contributed by atoms with E-state index in [0.29, 0.717) is 6.42 Å². The summed E-state index contributed by atoms with van der Waals surface area (Å²) in [5.74, 6) is 0.792. The molecule has 1 N–H and O–H groups in total. The number of methoxy groups -OCH3 is 1. The van der Waals surface area contributed by atoms with Gasteiger partial charge in [0.25, 0.3) is 0 Å². The molecule has 1 rings (SSSR count). The summed E-state index contributed by atoms with van der Waals surface area (Å²) < 4.78 is 5.02. The van der Waals surface area contributed by atoms with Crippen molar-refractivity contribution >= 4 is 0 Å². The number of ether oxygens (including phenoxy) is 1. The molecule has 0 fully saturated rings. The van der Waals surface area contributed by atoms with Crippen LogP contribution in [0.1, 0.15) is 18.1 Å². The fraction of sp³-hybridized carbons (Fsp3) is 0.250. The second-order valence-corrected chi connectivity index (χ2v) is 2.93. The van der Waals surface area contributed by atoms with Crippen LogP contribution >= 0.6 is 0 Å². The molecule has 0 bridgehead atoms. The van der Waals surface area contributed by atoms with Gasteiger partial charge in [-0.2, -0.15) is 0 Å². The van der Waals surface area contributed by atoms with Crippen LogP contribution in [0.15, 0.2) is 42.7 Å². The van der Waals surface area contributed by atoms with Gasteiger partial charge < -0.3 is 9.84 Å². The van der Waals surface area contributed by atoms with Gasteiger partial charge in [-0.3, -0.25) is 0 Å². The Morgan fingerprint density at radius 1 is 1.50 bits per heavy atom. The van der Waals surface area contributed by atoms with E-state index in [4.69, 9.17) is 4.74 Å². The topological polar surface area (TPSA) is 29.5 Å². The van der Waals surface area contributed by atoms with Crippen molar-refractivity contribution in [3.63, 3.8) is 0 Å². The quantitative estimate of drug-likeness (QED) is 0.739. The van der Waals surface area contributed by atoms with Crippen LogP contribution in [0, 0.1) is 0 Å². The maximum Gasteiger partial charge on any atom is 0.118 e. The summed E-state index contributed by atoms with van der Waals surface area (Å²) in [5, 5.41) is 9.68. The largest absolute Gasteiger partial charge is 0.497 e. The highest BCUT2D eigenvalue weighted by molar-refractivity contribution is 5.28. The van der Waals surface area contributed by atoms with E-state index in [9.17, 15) is 5.11 Å². The number of aliphatic hydroxyl groups excluding tert-OH is 1. The summed E-state index contributed by atoms with van der Waals surface area (Å²) in [5.41, 5.74) is 3.50. The smallest absolute Gasteiger partial charge is 0.118 e. The third-order valence-electron chi connectivity index (χ3n) is 1.99. The lowest BCUT2D eigenvalue weighted by Gasteiger charge is -2.08. The van der Waals surface area contributed by atoms with Crippen molar-refractivity contribution in [2.75, 3.05) is 7.11 Å². The fourth-order valence-electron chi connectivity index (χ4n) is 1.16. The first kappa shape index (κ1) is 10.6. The van der Waals surface area contributed by atoms with Crippen LogP contribution < -0.4 is 4.74 Å². The molecule has 2 nitrogen and oxygen atoms in total. The number of hydrogen-bond donors (Lipinski definition) is 1. The van der Waals surface area contributed by atoms with Crippen molar-refractivity contribution in [3.05, 3.63) is 48.2 Å². The average Bonchev–Trinajstić information content (AvgIpc) is 2.26. The Hall–Kier alpha value is -1.50. The number of hydrogen-bond acceptors (Lipinski definition) is 2. The standard InChI is InChI=1S/C12H14O2/c1-3-4-5-12(13)10-6-8-11(14-2)9-7-10/h4,6-9,12-13H,1,5H2,2H3. The van der Waals surface area contributed by atoms with E-state index in [1.807, 2.05) is 24.3 Å². The molecule has 0 saturated heterocycles. The van der Waals surface area contributed by atoms with Crippen LogP contribution in [0.25, 0.3) is 0 Å². The SMILES string of the molecule is C=C=CCC(O)c1ccc(OC)cc1. The van der Waals surface area contributed by atoms with Gasteiger partial charge in [-0.15, -0.1) is 5.73 Å². The van der Waals surface area contributed by atoms with E-state index in [2.05, 4.69) is 12.3 Å². The molecule has 14 heavy (non-hydrogen) atoms. The Kier molecular flexibility index (Phi) is 3.99. The molecule has 0 radical (unpaired) electrons. The minimum absolute atomic E-state index is 0.491. The van der Waals surface area contributed by atoms with Crippen LogP contribution in [-0.4, -0.2) is 12.2 Å². The van der Waals surface area contributed by atoms with Crippen molar-refractivity contribution < 1.29 is 9.84 Å². The van der Waals surface area contributed by atoms with Crippen molar-refractivity contribution in [1.82, 2.24) is 0 Å². The molecule has 0 aliphatic heterocycles. The zero-order chi connectivity index (χ0) is 10.4. The predicted molar refractivity (Wildman–Crippen MR) is 56.3 cm³/mol. The lowest BCUT2D eigenvalue weighted by molar-refractivity contribution is 0.181. The normalized spacial score (nSPS) is 11.6. The van der Waals surface area contributed by atoms with E-state index in [0.717, 1.165) is 11.3 Å². The van der Waals surface area contributed by atoms with Crippen LogP contribution in [0.5, 0.6) is 5.75 Å². The van der Waals surface area contributed by atoms with E-state index in [1.165, 1.54) is 0 Å². The molecule has 74 valence electrons. The summed E-state index contributed by atoms with van der Waals surface area (Å²) in [4.78, 5) is 0. The van der Waals surface area contributed by atoms with Crippen molar-refractivity contribution in [2.45, 2.75) is 12.5 Å². The van der Waals surface area contributed by atoms with Crippen LogP contribution in [0.2, 0.25) is 0 Å². The van der Waals surface area contributed by atoms with Gasteiger partial charge in [0.1, 0.15) is 5.75 Å². The van der Waals surface area contributed by atoms with Gasteiger partial charge in [0, 0.05) is 6.42 Å². The maximum absolute atomic E-state index is 9.68. The van der Waals surface area contributed by atoms with Crippen LogP contribution in [0.3, 0.4) is 0 Å². The van der Waals surface area contributed by atoms with Gasteiger partial charge in [0.05, 0.1) is 13.2 Å². The van der Waals surface area contributed by atoms with Gasteiger partial charge in [0.15, 0.2) is 0 Å². The molecule has 1 unspecified atom stereocenters. The van der Waals surface area contributed by atoms with Crippen LogP contribution in [-0.2, 0) is 0 Å². The molecule has 0 aliphatic carbocycles. The summed E-state index contributed by atoms with van der Waals surface area (Å²) in [6.07, 6.45) is 1.76. The van der Waals surface area contributed by atoms with Gasteiger partial charge >= 0.3 is 0 Å². The molecule has 0 aliphatic rings. The van der Waals surface area contributed by atoms with Gasteiger partial charge in [0.2, 0.25) is 0 Å². The zero-order valence-electron chi connectivity index (χ0n) is 8.23. The number of benzene rings is 1. The van der Waals surface area contributed by atoms with Crippen molar-refractivity contribution in [2.24, 2.45) is 0 Å². The summed E-state index contributed by atoms with van der Waals surface area (Å²) in [6, 6.07) is 7.35. The van der Waals surface area contributed by atoms with Crippen LogP contribution in [0.4, 0.5) is 0 Å². The third kappa shape index (κ3) is 2.77. The highest BCUT2D eigenvalue weighted by Gasteiger charge is 2.04. The van der Waals surface area contributed by atoms with E-state index >= 15 is 0 Å². The van der Waals surface area contributed by atoms with Gasteiger partial charge in [-0.1, -0.05) is 18.7 Å². The molecule has 1 aromatic carbocycles. The molecule has 1 aromatic rings. The minimum atomic E-state index is -0.491. The molecular formula is C12H14O2. The zero-order valence-corrected chi connectivity index (χ0v) is 8.23. The maximum atomic E-state index is 9.68. The average molecular weight is 190 g/mol. The Bertz CT molecular complexity index is 321. The molecule has 2 heteroatoms. The van der Waals surface area contributed by atoms with Crippen molar-refractivity contribution in [3.8, 4) is 5.75 Å². The first-order valence-electron chi connectivity index (χ1n) is 4.44. The van der Waals surface area contributed by atoms with E-state index < -0.39 is 6.10 Å². The molecule has 0 aromatic heterocycles. The summed E-state index contributed by atoms with van der Waals surface area (Å²) in [7, 11) is 1.62. The summed E-state index contributed by atoms with van der Waals surface area (Å²) >= 11 is 0. The Labute approximate surface area is 84.1 Å². The number of rotatable bonds is 4. The van der Waals surface area contributed by atoms with Gasteiger partial charge in [-0.25, -0.2) is 0 Å². The van der Waals surface area contributed by atoms with E-state index in [-0.39, 0.29) is 0 Å². The lowest BCUT2D eigenvalue weighted by atomic mass is 10.1. The summed E-state index contributed by atoms with van der Waals surface area (Å²) in [6.45, 7) is 3.44. The molecule has 0 spiro atoms. The highest BCUT2D eigenvalue weighted by atomic mass is 16.5. The third-order valence-corrected chi connectivity index (χ3v) is 1.99. The minimum Gasteiger partial charge on any atom is -0.497 e. The number of aliphatic hydroxyl groups is 1. The first-order valence-corrected chi connectivity index (χ1v) is 4.44. The Morgan fingerprint density at radius 2 is 2.14 bits per heavy atom. The molecular weight excluding hydrogens is 176 g/mol.